The van der Waals surface area contributed by atoms with Crippen LogP contribution < -0.4 is 5.32 Å². The first kappa shape index (κ1) is 23.0. The third kappa shape index (κ3) is 5.54. The van der Waals surface area contributed by atoms with Crippen LogP contribution in [0.5, 0.6) is 0 Å². The van der Waals surface area contributed by atoms with Crippen LogP contribution in [0.1, 0.15) is 31.4 Å². The summed E-state index contributed by atoms with van der Waals surface area (Å²) in [4.78, 5) is 26.5. The lowest BCUT2D eigenvalue weighted by molar-refractivity contribution is -0.128. The molecule has 0 radical (unpaired) electrons. The highest BCUT2D eigenvalue weighted by Crippen LogP contribution is 2.31. The Bertz CT molecular complexity index is 1090. The van der Waals surface area contributed by atoms with E-state index in [1.165, 1.54) is 17.0 Å². The molecule has 1 saturated heterocycles. The van der Waals surface area contributed by atoms with Crippen LogP contribution >= 0.6 is 11.8 Å². The van der Waals surface area contributed by atoms with Crippen molar-refractivity contribution >= 4 is 44.5 Å². The molecule has 3 rings (SSSR count). The highest BCUT2D eigenvalue weighted by molar-refractivity contribution is 8.16. The molecule has 7 nitrogen and oxygen atoms in total. The maximum Gasteiger partial charge on any atom is 0.284 e. The van der Waals surface area contributed by atoms with E-state index in [9.17, 15) is 18.0 Å². The van der Waals surface area contributed by atoms with Gasteiger partial charge >= 0.3 is 0 Å². The van der Waals surface area contributed by atoms with Gasteiger partial charge in [-0.15, -0.1) is 4.40 Å². The molecule has 1 N–H and O–H groups in total. The number of carbonyl (C=O) groups excluding carboxylic acids is 2. The fraction of sp³-hybridized carbons (Fsp3) is 0.318. The maximum atomic E-state index is 12.7. The van der Waals surface area contributed by atoms with Crippen molar-refractivity contribution in [1.82, 2.24) is 4.90 Å². The first-order valence-electron chi connectivity index (χ1n) is 10.0. The number of hydrogen-bond acceptors (Lipinski definition) is 5. The number of aryl methyl sites for hydroxylation is 2. The zero-order chi connectivity index (χ0) is 22.6. The first-order chi connectivity index (χ1) is 14.7. The number of amidine groups is 1. The molecular formula is C22H25N3O4S2. The minimum Gasteiger partial charge on any atom is -0.326 e. The van der Waals surface area contributed by atoms with Gasteiger partial charge in [0.15, 0.2) is 5.17 Å². The van der Waals surface area contributed by atoms with Crippen LogP contribution in [0.3, 0.4) is 0 Å². The molecule has 2 aromatic carbocycles. The molecule has 0 aromatic heterocycles. The first-order valence-corrected chi connectivity index (χ1v) is 12.3. The number of hydrogen-bond donors (Lipinski definition) is 1. The fourth-order valence-corrected chi connectivity index (χ4v) is 5.49. The van der Waals surface area contributed by atoms with Gasteiger partial charge in [0.1, 0.15) is 5.25 Å². The van der Waals surface area contributed by atoms with Crippen LogP contribution in [0.25, 0.3) is 0 Å². The third-order valence-corrected chi connectivity index (χ3v) is 7.44. The zero-order valence-electron chi connectivity index (χ0n) is 17.7. The minimum absolute atomic E-state index is 0.0712. The number of nitrogens with one attached hydrogen (secondary N) is 1. The monoisotopic (exact) mass is 459 g/mol. The van der Waals surface area contributed by atoms with E-state index in [0.29, 0.717) is 5.69 Å². The number of amides is 2. The lowest BCUT2D eigenvalue weighted by atomic mass is 10.2. The number of nitrogens with zero attached hydrogens (tertiary/aromatic N) is 2. The van der Waals surface area contributed by atoms with Gasteiger partial charge in [-0.05, 0) is 50.1 Å². The van der Waals surface area contributed by atoms with Crippen molar-refractivity contribution in [2.75, 3.05) is 11.9 Å². The highest BCUT2D eigenvalue weighted by atomic mass is 32.2. The normalized spacial score (nSPS) is 17.9. The summed E-state index contributed by atoms with van der Waals surface area (Å²) in [6.45, 7) is 5.95. The Morgan fingerprint density at radius 3 is 2.32 bits per heavy atom. The van der Waals surface area contributed by atoms with Crippen molar-refractivity contribution in [3.05, 3.63) is 59.7 Å². The summed E-state index contributed by atoms with van der Waals surface area (Å²) in [6, 6.07) is 13.9. The van der Waals surface area contributed by atoms with Crippen molar-refractivity contribution in [2.45, 2.75) is 43.8 Å². The van der Waals surface area contributed by atoms with Crippen LogP contribution in [-0.4, -0.2) is 42.1 Å². The average Bonchev–Trinajstić information content (AvgIpc) is 3.02. The van der Waals surface area contributed by atoms with Gasteiger partial charge in [-0.2, -0.15) is 8.42 Å². The number of rotatable bonds is 7. The summed E-state index contributed by atoms with van der Waals surface area (Å²) in [5.41, 5.74) is 2.74. The second-order valence-electron chi connectivity index (χ2n) is 7.15. The van der Waals surface area contributed by atoms with Crippen molar-refractivity contribution in [1.29, 1.82) is 0 Å². The number of anilines is 1. The van der Waals surface area contributed by atoms with Crippen LogP contribution in [0.15, 0.2) is 57.8 Å². The second kappa shape index (κ2) is 9.65. The molecule has 2 amide bonds. The summed E-state index contributed by atoms with van der Waals surface area (Å²) in [5.74, 6) is -0.633. The predicted octanol–water partition coefficient (Wildman–Crippen LogP) is 3.59. The molecule has 9 heteroatoms. The average molecular weight is 460 g/mol. The van der Waals surface area contributed by atoms with Crippen LogP contribution in [0, 0.1) is 6.92 Å². The van der Waals surface area contributed by atoms with Crippen LogP contribution in [-0.2, 0) is 26.0 Å². The van der Waals surface area contributed by atoms with E-state index < -0.39 is 15.3 Å². The van der Waals surface area contributed by atoms with Gasteiger partial charge in [0.05, 0.1) is 4.90 Å². The van der Waals surface area contributed by atoms with Gasteiger partial charge in [0.25, 0.3) is 10.0 Å². The smallest absolute Gasteiger partial charge is 0.284 e. The van der Waals surface area contributed by atoms with E-state index in [1.54, 1.807) is 31.2 Å². The molecule has 0 saturated carbocycles. The molecule has 164 valence electrons. The van der Waals surface area contributed by atoms with E-state index in [-0.39, 0.29) is 34.8 Å². The molecule has 0 spiro atoms. The van der Waals surface area contributed by atoms with Gasteiger partial charge < -0.3 is 5.32 Å². The van der Waals surface area contributed by atoms with E-state index >= 15 is 0 Å². The summed E-state index contributed by atoms with van der Waals surface area (Å²) >= 11 is 1.01. The molecule has 2 aromatic rings. The topological polar surface area (TPSA) is 95.9 Å². The molecule has 31 heavy (non-hydrogen) atoms. The number of thioether (sulfide) groups is 1. The van der Waals surface area contributed by atoms with E-state index in [0.717, 1.165) is 29.3 Å². The van der Waals surface area contributed by atoms with Crippen molar-refractivity contribution in [3.8, 4) is 0 Å². The molecule has 1 aliphatic rings. The van der Waals surface area contributed by atoms with Gasteiger partial charge in [-0.25, -0.2) is 0 Å². The predicted molar refractivity (Wildman–Crippen MR) is 124 cm³/mol. The van der Waals surface area contributed by atoms with Crippen molar-refractivity contribution < 1.29 is 18.0 Å². The summed E-state index contributed by atoms with van der Waals surface area (Å²) in [6.07, 6.45) is 0.729. The summed E-state index contributed by atoms with van der Waals surface area (Å²) in [5, 5.41) is 2.14. The maximum absolute atomic E-state index is 12.7. The lowest BCUT2D eigenvalue weighted by Crippen LogP contribution is -2.33. The SMILES string of the molecule is CCc1ccc(S(=O)(=O)N=C2S[C@H](CC(=O)Nc3ccc(C)cc3)C(=O)N2CC)cc1. The largest absolute Gasteiger partial charge is 0.326 e. The summed E-state index contributed by atoms with van der Waals surface area (Å²) in [7, 11) is -3.97. The van der Waals surface area contributed by atoms with Crippen molar-refractivity contribution in [2.24, 2.45) is 4.40 Å². The minimum atomic E-state index is -3.97. The third-order valence-electron chi connectivity index (χ3n) is 4.87. The Labute approximate surface area is 187 Å². The van der Waals surface area contributed by atoms with Gasteiger partial charge in [0.2, 0.25) is 11.8 Å². The molecule has 1 fully saturated rings. The second-order valence-corrected chi connectivity index (χ2v) is 9.93. The Hall–Kier alpha value is -2.65. The van der Waals surface area contributed by atoms with Gasteiger partial charge in [-0.1, -0.05) is 48.5 Å². The number of sulfonamides is 1. The molecule has 0 aliphatic carbocycles. The molecule has 1 heterocycles. The zero-order valence-corrected chi connectivity index (χ0v) is 19.3. The standard InChI is InChI=1S/C22H25N3O4S2/c1-4-16-8-12-18(13-9-16)31(28,29)24-22-25(5-2)21(27)19(30-22)14-20(26)23-17-10-6-15(3)7-11-17/h6-13,19H,4-5,14H2,1-3H3,(H,23,26)/t19-/m1/s1. The van der Waals surface area contributed by atoms with Crippen LogP contribution in [0.2, 0.25) is 0 Å². The number of benzene rings is 2. The molecular weight excluding hydrogens is 434 g/mol. The summed E-state index contributed by atoms with van der Waals surface area (Å²) < 4.78 is 29.4. The van der Waals surface area contributed by atoms with E-state index in [1.807, 2.05) is 26.0 Å². The Kier molecular flexibility index (Phi) is 7.17. The number of carbonyl (C=O) groups is 2. The van der Waals surface area contributed by atoms with E-state index in [4.69, 9.17) is 0 Å². The van der Waals surface area contributed by atoms with Gasteiger partial charge in [0, 0.05) is 18.7 Å². The Morgan fingerprint density at radius 1 is 1.10 bits per heavy atom. The quantitative estimate of drug-likeness (QED) is 0.683. The molecule has 1 atom stereocenters. The molecule has 0 bridgehead atoms. The van der Waals surface area contributed by atoms with Crippen molar-refractivity contribution in [3.63, 3.8) is 0 Å². The Balaban J connectivity index is 1.75. The van der Waals surface area contributed by atoms with E-state index in [2.05, 4.69) is 9.71 Å². The molecule has 0 unspecified atom stereocenters. The fourth-order valence-electron chi connectivity index (χ4n) is 3.07. The van der Waals surface area contributed by atoms with Crippen LogP contribution in [0.4, 0.5) is 5.69 Å². The lowest BCUT2D eigenvalue weighted by Gasteiger charge is -2.13. The molecule has 1 aliphatic heterocycles. The van der Waals surface area contributed by atoms with Gasteiger partial charge in [-0.3, -0.25) is 14.5 Å². The highest BCUT2D eigenvalue weighted by Gasteiger charge is 2.39. The Morgan fingerprint density at radius 2 is 1.74 bits per heavy atom.